The first-order valence-corrected chi connectivity index (χ1v) is 1.51. The molecule has 2 radical (unpaired) electrons. The minimum absolute atomic E-state index is 0. The SMILES string of the molecule is COCCO.[Ba]. The van der Waals surface area contributed by atoms with Gasteiger partial charge in [-0.2, -0.15) is 0 Å². The predicted molar refractivity (Wildman–Crippen MR) is 24.7 cm³/mol. The minimum atomic E-state index is 0. The first-order valence-electron chi connectivity index (χ1n) is 1.51. The van der Waals surface area contributed by atoms with Gasteiger partial charge in [-0.15, -0.1) is 0 Å². The number of hydrogen-bond acceptors (Lipinski definition) is 2. The maximum Gasteiger partial charge on any atom is 0.0693 e. The van der Waals surface area contributed by atoms with Gasteiger partial charge < -0.3 is 9.84 Å². The summed E-state index contributed by atoms with van der Waals surface area (Å²) in [5, 5.41) is 7.94. The standard InChI is InChI=1S/C3H8O2.Ba/c1-5-3-2-4;/h4H,2-3H2,1H3;. The molecular formula is C3H8BaO2. The molecule has 0 rings (SSSR count). The van der Waals surface area contributed by atoms with E-state index in [-0.39, 0.29) is 55.5 Å². The van der Waals surface area contributed by atoms with Crippen LogP contribution >= 0.6 is 0 Å². The van der Waals surface area contributed by atoms with E-state index < -0.39 is 0 Å². The van der Waals surface area contributed by atoms with Crippen LogP contribution in [0, 0.1) is 0 Å². The van der Waals surface area contributed by atoms with Crippen LogP contribution in [-0.4, -0.2) is 74.3 Å². The zero-order chi connectivity index (χ0) is 4.12. The molecule has 0 atom stereocenters. The third-order valence-electron chi connectivity index (χ3n) is 0.295. The third kappa shape index (κ3) is 9.09. The second-order valence-corrected chi connectivity index (χ2v) is 0.716. The zero-order valence-corrected chi connectivity index (χ0v) is 8.42. The van der Waals surface area contributed by atoms with Gasteiger partial charge in [0.2, 0.25) is 0 Å². The summed E-state index contributed by atoms with van der Waals surface area (Å²) in [6.07, 6.45) is 0. The summed E-state index contributed by atoms with van der Waals surface area (Å²) in [5.74, 6) is 0. The van der Waals surface area contributed by atoms with Gasteiger partial charge in [0, 0.05) is 56.0 Å². The molecule has 0 heterocycles. The number of methoxy groups -OCH3 is 1. The van der Waals surface area contributed by atoms with Crippen molar-refractivity contribution in [2.24, 2.45) is 0 Å². The fraction of sp³-hybridized carbons (Fsp3) is 1.00. The molecule has 0 bridgehead atoms. The van der Waals surface area contributed by atoms with Crippen molar-refractivity contribution in [2.45, 2.75) is 0 Å². The van der Waals surface area contributed by atoms with Gasteiger partial charge in [0.15, 0.2) is 0 Å². The summed E-state index contributed by atoms with van der Waals surface area (Å²) >= 11 is 0. The molecule has 0 aliphatic heterocycles. The molecular weight excluding hydrogens is 205 g/mol. The topological polar surface area (TPSA) is 29.5 Å². The Hall–Kier alpha value is 1.49. The van der Waals surface area contributed by atoms with Crippen molar-refractivity contribution in [3.05, 3.63) is 0 Å². The quantitative estimate of drug-likeness (QED) is 0.611. The van der Waals surface area contributed by atoms with Crippen molar-refractivity contribution < 1.29 is 9.84 Å². The number of ether oxygens (including phenoxy) is 1. The van der Waals surface area contributed by atoms with Gasteiger partial charge in [0.05, 0.1) is 13.2 Å². The molecule has 0 aromatic rings. The second kappa shape index (κ2) is 9.70. The molecule has 0 fully saturated rings. The molecule has 0 aliphatic rings. The fourth-order valence-electron chi connectivity index (χ4n) is 0.0913. The van der Waals surface area contributed by atoms with Crippen LogP contribution in [0.3, 0.4) is 0 Å². The average Bonchev–Trinajstić information content (AvgIpc) is 1.41. The number of aliphatic hydroxyl groups excluding tert-OH is 1. The molecule has 0 aliphatic carbocycles. The maximum absolute atomic E-state index is 7.94. The van der Waals surface area contributed by atoms with Gasteiger partial charge in [-0.25, -0.2) is 0 Å². The summed E-state index contributed by atoms with van der Waals surface area (Å²) in [6.45, 7) is 0.566. The van der Waals surface area contributed by atoms with Crippen LogP contribution in [0.2, 0.25) is 0 Å². The van der Waals surface area contributed by atoms with Crippen LogP contribution in [0.4, 0.5) is 0 Å². The molecule has 1 N–H and O–H groups in total. The average molecular weight is 213 g/mol. The van der Waals surface area contributed by atoms with Gasteiger partial charge >= 0.3 is 0 Å². The molecule has 3 heteroatoms. The summed E-state index contributed by atoms with van der Waals surface area (Å²) in [4.78, 5) is 0. The van der Waals surface area contributed by atoms with Gasteiger partial charge in [-0.05, 0) is 0 Å². The molecule has 0 saturated heterocycles. The van der Waals surface area contributed by atoms with E-state index >= 15 is 0 Å². The van der Waals surface area contributed by atoms with Crippen molar-refractivity contribution in [2.75, 3.05) is 20.3 Å². The molecule has 0 aromatic heterocycles. The Kier molecular flexibility index (Phi) is 16.9. The van der Waals surface area contributed by atoms with Crippen molar-refractivity contribution in [1.29, 1.82) is 0 Å². The predicted octanol–water partition coefficient (Wildman–Crippen LogP) is -0.756. The van der Waals surface area contributed by atoms with E-state index in [1.807, 2.05) is 0 Å². The van der Waals surface area contributed by atoms with Crippen LogP contribution < -0.4 is 0 Å². The number of rotatable bonds is 2. The number of hydrogen-bond donors (Lipinski definition) is 1. The molecule has 0 amide bonds. The molecule has 2 nitrogen and oxygen atoms in total. The molecule has 34 valence electrons. The van der Waals surface area contributed by atoms with Crippen LogP contribution in [0.15, 0.2) is 0 Å². The summed E-state index contributed by atoms with van der Waals surface area (Å²) in [6, 6.07) is 0. The third-order valence-corrected chi connectivity index (χ3v) is 0.295. The van der Waals surface area contributed by atoms with Crippen molar-refractivity contribution >= 4 is 48.9 Å². The fourth-order valence-corrected chi connectivity index (χ4v) is 0.0913. The Balaban J connectivity index is 0. The number of aliphatic hydroxyl groups is 1. The van der Waals surface area contributed by atoms with Crippen LogP contribution in [-0.2, 0) is 4.74 Å². The molecule has 0 saturated carbocycles. The normalized spacial score (nSPS) is 7.00. The zero-order valence-electron chi connectivity index (χ0n) is 3.98. The van der Waals surface area contributed by atoms with Gasteiger partial charge in [-0.1, -0.05) is 0 Å². The Morgan fingerprint density at radius 3 is 2.17 bits per heavy atom. The second-order valence-electron chi connectivity index (χ2n) is 0.716. The van der Waals surface area contributed by atoms with Crippen LogP contribution in [0.5, 0.6) is 0 Å². The minimum Gasteiger partial charge on any atom is -0.394 e. The smallest absolute Gasteiger partial charge is 0.0693 e. The van der Waals surface area contributed by atoms with Crippen molar-refractivity contribution in [3.8, 4) is 0 Å². The van der Waals surface area contributed by atoms with E-state index in [0.717, 1.165) is 0 Å². The largest absolute Gasteiger partial charge is 0.394 e. The summed E-state index contributed by atoms with van der Waals surface area (Å²) < 4.78 is 4.44. The van der Waals surface area contributed by atoms with E-state index in [1.165, 1.54) is 0 Å². The van der Waals surface area contributed by atoms with E-state index in [0.29, 0.717) is 6.61 Å². The van der Waals surface area contributed by atoms with Crippen LogP contribution in [0.25, 0.3) is 0 Å². The van der Waals surface area contributed by atoms with Crippen molar-refractivity contribution in [1.82, 2.24) is 0 Å². The molecule has 0 unspecified atom stereocenters. The van der Waals surface area contributed by atoms with E-state index in [1.54, 1.807) is 7.11 Å². The van der Waals surface area contributed by atoms with E-state index in [2.05, 4.69) is 4.74 Å². The molecule has 6 heavy (non-hydrogen) atoms. The van der Waals surface area contributed by atoms with E-state index in [4.69, 9.17) is 5.11 Å². The first kappa shape index (κ1) is 10.5. The van der Waals surface area contributed by atoms with Gasteiger partial charge in [0.1, 0.15) is 0 Å². The van der Waals surface area contributed by atoms with E-state index in [9.17, 15) is 0 Å². The summed E-state index contributed by atoms with van der Waals surface area (Å²) in [5.41, 5.74) is 0. The Bertz CT molecular complexity index is 16.3. The summed E-state index contributed by atoms with van der Waals surface area (Å²) in [7, 11) is 1.55. The maximum atomic E-state index is 7.94. The van der Waals surface area contributed by atoms with Gasteiger partial charge in [-0.3, -0.25) is 0 Å². The Labute approximate surface area is 78.0 Å². The molecule has 0 spiro atoms. The van der Waals surface area contributed by atoms with Gasteiger partial charge in [0.25, 0.3) is 0 Å². The Morgan fingerprint density at radius 2 is 2.17 bits per heavy atom. The van der Waals surface area contributed by atoms with Crippen molar-refractivity contribution in [3.63, 3.8) is 0 Å². The monoisotopic (exact) mass is 214 g/mol. The first-order chi connectivity index (χ1) is 2.41. The van der Waals surface area contributed by atoms with Crippen LogP contribution in [0.1, 0.15) is 0 Å². The Morgan fingerprint density at radius 1 is 1.67 bits per heavy atom. The molecule has 0 aromatic carbocycles.